The molecular weight excluding hydrogens is 376 g/mol. The highest BCUT2D eigenvalue weighted by Gasteiger charge is 2.12. The van der Waals surface area contributed by atoms with Crippen molar-refractivity contribution in [3.8, 4) is 11.3 Å². The fraction of sp³-hybridized carbons (Fsp3) is 0.273. The van der Waals surface area contributed by atoms with Gasteiger partial charge in [0, 0.05) is 21.9 Å². The van der Waals surface area contributed by atoms with E-state index in [0.717, 1.165) is 34.0 Å². The summed E-state index contributed by atoms with van der Waals surface area (Å²) in [5.41, 5.74) is 5.73. The van der Waals surface area contributed by atoms with Crippen LogP contribution in [0.2, 0.25) is 5.02 Å². The molecule has 140 valence electrons. The van der Waals surface area contributed by atoms with Gasteiger partial charge in [0.15, 0.2) is 5.13 Å². The Hall–Kier alpha value is -2.17. The Morgan fingerprint density at radius 2 is 1.81 bits per heavy atom. The zero-order valence-corrected chi connectivity index (χ0v) is 17.4. The van der Waals surface area contributed by atoms with E-state index in [1.54, 1.807) is 0 Å². The largest absolute Gasteiger partial charge is 0.302 e. The van der Waals surface area contributed by atoms with Crippen LogP contribution in [0.4, 0.5) is 5.13 Å². The van der Waals surface area contributed by atoms with E-state index >= 15 is 0 Å². The van der Waals surface area contributed by atoms with Gasteiger partial charge in [0.25, 0.3) is 0 Å². The van der Waals surface area contributed by atoms with Crippen LogP contribution in [0.5, 0.6) is 0 Å². The van der Waals surface area contributed by atoms with Gasteiger partial charge in [-0.2, -0.15) is 0 Å². The van der Waals surface area contributed by atoms with Crippen molar-refractivity contribution >= 4 is 34.0 Å². The van der Waals surface area contributed by atoms with E-state index in [9.17, 15) is 4.79 Å². The van der Waals surface area contributed by atoms with Crippen molar-refractivity contribution in [1.29, 1.82) is 0 Å². The lowest BCUT2D eigenvalue weighted by Gasteiger charge is -2.04. The highest BCUT2D eigenvalue weighted by Crippen LogP contribution is 2.31. The highest BCUT2D eigenvalue weighted by molar-refractivity contribution is 7.16. The van der Waals surface area contributed by atoms with E-state index in [1.807, 2.05) is 31.2 Å². The third kappa shape index (κ3) is 5.18. The van der Waals surface area contributed by atoms with Gasteiger partial charge in [0.1, 0.15) is 0 Å². The number of halogens is 1. The Morgan fingerprint density at radius 3 is 2.52 bits per heavy atom. The van der Waals surface area contributed by atoms with Crippen LogP contribution in [0.3, 0.4) is 0 Å². The van der Waals surface area contributed by atoms with Gasteiger partial charge in [-0.3, -0.25) is 4.79 Å². The van der Waals surface area contributed by atoms with Crippen LogP contribution in [-0.4, -0.2) is 10.9 Å². The quantitative estimate of drug-likeness (QED) is 0.525. The maximum atomic E-state index is 12.2. The zero-order valence-electron chi connectivity index (χ0n) is 15.8. The summed E-state index contributed by atoms with van der Waals surface area (Å²) in [6.45, 7) is 6.24. The van der Waals surface area contributed by atoms with Gasteiger partial charge < -0.3 is 5.32 Å². The summed E-state index contributed by atoms with van der Waals surface area (Å²) in [6.07, 6.45) is 2.12. The summed E-state index contributed by atoms with van der Waals surface area (Å²) in [7, 11) is 0. The number of thiazole rings is 1. The molecule has 3 aromatic rings. The number of benzene rings is 2. The van der Waals surface area contributed by atoms with E-state index in [4.69, 9.17) is 11.6 Å². The Labute approximate surface area is 169 Å². The molecule has 0 unspecified atom stereocenters. The third-order valence-corrected chi connectivity index (χ3v) is 5.74. The van der Waals surface area contributed by atoms with Gasteiger partial charge in [0.2, 0.25) is 5.91 Å². The highest BCUT2D eigenvalue weighted by atomic mass is 35.5. The molecule has 1 aromatic heterocycles. The Kier molecular flexibility index (Phi) is 6.30. The molecule has 1 N–H and O–H groups in total. The summed E-state index contributed by atoms with van der Waals surface area (Å²) >= 11 is 7.41. The number of hydrogen-bond donors (Lipinski definition) is 1. The fourth-order valence-electron chi connectivity index (χ4n) is 2.89. The first-order valence-corrected chi connectivity index (χ1v) is 10.2. The summed E-state index contributed by atoms with van der Waals surface area (Å²) in [6, 6.07) is 14.1. The van der Waals surface area contributed by atoms with Gasteiger partial charge >= 0.3 is 0 Å². The van der Waals surface area contributed by atoms with Crippen molar-refractivity contribution in [2.24, 2.45) is 0 Å². The summed E-state index contributed by atoms with van der Waals surface area (Å²) in [5.74, 6) is 0.00403. The fourth-order valence-corrected chi connectivity index (χ4v) is 3.87. The van der Waals surface area contributed by atoms with Gasteiger partial charge in [-0.05, 0) is 68.5 Å². The minimum absolute atomic E-state index is 0.00403. The lowest BCUT2D eigenvalue weighted by atomic mass is 10.0. The molecule has 2 aromatic carbocycles. The molecular formula is C22H23ClN2OS. The minimum atomic E-state index is 0.00403. The molecule has 0 fully saturated rings. The average molecular weight is 399 g/mol. The molecule has 3 rings (SSSR count). The first-order chi connectivity index (χ1) is 12.9. The number of carbonyl (C=O) groups is 1. The number of amides is 1. The van der Waals surface area contributed by atoms with Gasteiger partial charge in [-0.15, -0.1) is 11.3 Å². The van der Waals surface area contributed by atoms with Gasteiger partial charge in [-0.25, -0.2) is 4.98 Å². The number of aryl methyl sites for hydroxylation is 4. The monoisotopic (exact) mass is 398 g/mol. The number of rotatable bonds is 6. The number of nitrogens with one attached hydrogen (secondary N) is 1. The van der Waals surface area contributed by atoms with Crippen LogP contribution < -0.4 is 5.32 Å². The number of carbonyl (C=O) groups excluding carboxylic acids is 1. The lowest BCUT2D eigenvalue weighted by molar-refractivity contribution is -0.116. The first-order valence-electron chi connectivity index (χ1n) is 9.02. The van der Waals surface area contributed by atoms with E-state index in [-0.39, 0.29) is 5.91 Å². The summed E-state index contributed by atoms with van der Waals surface area (Å²) in [4.78, 5) is 18.0. The molecule has 5 heteroatoms. The summed E-state index contributed by atoms with van der Waals surface area (Å²) < 4.78 is 0. The second kappa shape index (κ2) is 8.68. The molecule has 0 bridgehead atoms. The van der Waals surface area contributed by atoms with Crippen LogP contribution in [0.25, 0.3) is 11.3 Å². The van der Waals surface area contributed by atoms with Crippen LogP contribution in [-0.2, 0) is 11.2 Å². The molecule has 3 nitrogen and oxygen atoms in total. The standard InChI is InChI=1S/C22H23ClN2OS/c1-14-7-10-18(13-15(14)2)21-16(3)27-22(25-21)24-20(26)6-4-5-17-8-11-19(23)12-9-17/h7-13H,4-6H2,1-3H3,(H,24,25,26). The second-order valence-electron chi connectivity index (χ2n) is 6.75. The van der Waals surface area contributed by atoms with Crippen molar-refractivity contribution < 1.29 is 4.79 Å². The Balaban J connectivity index is 1.58. The van der Waals surface area contributed by atoms with Crippen molar-refractivity contribution in [1.82, 2.24) is 4.98 Å². The zero-order chi connectivity index (χ0) is 19.4. The molecule has 0 spiro atoms. The second-order valence-corrected chi connectivity index (χ2v) is 8.39. The van der Waals surface area contributed by atoms with Gasteiger partial charge in [-0.1, -0.05) is 35.9 Å². The normalized spacial score (nSPS) is 10.8. The lowest BCUT2D eigenvalue weighted by Crippen LogP contribution is -2.11. The maximum Gasteiger partial charge on any atom is 0.226 e. The number of nitrogens with zero attached hydrogens (tertiary/aromatic N) is 1. The molecule has 0 saturated heterocycles. The smallest absolute Gasteiger partial charge is 0.226 e. The maximum absolute atomic E-state index is 12.2. The number of anilines is 1. The van der Waals surface area contributed by atoms with Crippen LogP contribution in [0.1, 0.15) is 34.4 Å². The number of hydrogen-bond acceptors (Lipinski definition) is 3. The van der Waals surface area contributed by atoms with Crippen LogP contribution in [0, 0.1) is 20.8 Å². The number of aromatic nitrogens is 1. The Morgan fingerprint density at radius 1 is 1.07 bits per heavy atom. The predicted molar refractivity (Wildman–Crippen MR) is 115 cm³/mol. The molecule has 0 saturated carbocycles. The van der Waals surface area contributed by atoms with Crippen molar-refractivity contribution in [3.05, 3.63) is 69.1 Å². The topological polar surface area (TPSA) is 42.0 Å². The molecule has 0 aliphatic heterocycles. The molecule has 0 atom stereocenters. The van der Waals surface area contributed by atoms with Gasteiger partial charge in [0.05, 0.1) is 5.69 Å². The SMILES string of the molecule is Cc1ccc(-c2nc(NC(=O)CCCc3ccc(Cl)cc3)sc2C)cc1C. The van der Waals surface area contributed by atoms with Crippen molar-refractivity contribution in [2.75, 3.05) is 5.32 Å². The van der Waals surface area contributed by atoms with E-state index in [0.29, 0.717) is 11.6 Å². The van der Waals surface area contributed by atoms with E-state index in [1.165, 1.54) is 28.0 Å². The van der Waals surface area contributed by atoms with Crippen molar-refractivity contribution in [2.45, 2.75) is 40.0 Å². The van der Waals surface area contributed by atoms with Crippen LogP contribution in [0.15, 0.2) is 42.5 Å². The molecule has 27 heavy (non-hydrogen) atoms. The third-order valence-electron chi connectivity index (χ3n) is 4.61. The molecule has 0 aliphatic rings. The Bertz CT molecular complexity index is 947. The average Bonchev–Trinajstić information content (AvgIpc) is 2.99. The molecule has 1 amide bonds. The molecule has 0 aliphatic carbocycles. The first kappa shape index (κ1) is 19.6. The van der Waals surface area contributed by atoms with Crippen molar-refractivity contribution in [3.63, 3.8) is 0 Å². The van der Waals surface area contributed by atoms with Crippen LogP contribution >= 0.6 is 22.9 Å². The summed E-state index contributed by atoms with van der Waals surface area (Å²) in [5, 5.41) is 4.34. The predicted octanol–water partition coefficient (Wildman–Crippen LogP) is 6.35. The van der Waals surface area contributed by atoms with E-state index in [2.05, 4.69) is 42.3 Å². The molecule has 1 heterocycles. The van der Waals surface area contributed by atoms with E-state index < -0.39 is 0 Å². The minimum Gasteiger partial charge on any atom is -0.302 e. The molecule has 0 radical (unpaired) electrons.